The molecule has 0 saturated heterocycles. The molecule has 0 aliphatic heterocycles. The molecule has 0 fully saturated rings. The number of nitrogens with two attached hydrogens (primary N) is 1. The maximum absolute atomic E-state index is 10.8. The average Bonchev–Trinajstić information content (AvgIpc) is 2.53. The standard InChI is InChI=1S/C6H6N4OS/c1-10-6-4(8-2-12-6)3(9-10)5(7)11/h2H,1H3,(H2,7,11). The Balaban J connectivity index is 2.83. The largest absolute Gasteiger partial charge is 0.364 e. The molecule has 2 rings (SSSR count). The molecule has 0 aliphatic carbocycles. The maximum atomic E-state index is 10.8. The van der Waals surface area contributed by atoms with Crippen LogP contribution in [0.2, 0.25) is 0 Å². The first kappa shape index (κ1) is 7.23. The number of fused-ring (bicyclic) bond motifs is 1. The first-order chi connectivity index (χ1) is 5.70. The van der Waals surface area contributed by atoms with Crippen LogP contribution in [0.15, 0.2) is 5.51 Å². The van der Waals surface area contributed by atoms with Gasteiger partial charge in [-0.1, -0.05) is 0 Å². The minimum atomic E-state index is -0.536. The van der Waals surface area contributed by atoms with Gasteiger partial charge >= 0.3 is 0 Å². The Hall–Kier alpha value is -1.43. The van der Waals surface area contributed by atoms with E-state index < -0.39 is 5.91 Å². The molecule has 2 N–H and O–H groups in total. The van der Waals surface area contributed by atoms with E-state index in [9.17, 15) is 4.79 Å². The fourth-order valence-corrected chi connectivity index (χ4v) is 1.75. The van der Waals surface area contributed by atoms with Gasteiger partial charge in [0, 0.05) is 7.05 Å². The van der Waals surface area contributed by atoms with Gasteiger partial charge in [0.05, 0.1) is 5.51 Å². The van der Waals surface area contributed by atoms with E-state index in [1.807, 2.05) is 0 Å². The molecule has 0 spiro atoms. The lowest BCUT2D eigenvalue weighted by atomic mass is 10.4. The summed E-state index contributed by atoms with van der Waals surface area (Å²) in [7, 11) is 1.76. The van der Waals surface area contributed by atoms with Crippen molar-refractivity contribution in [2.24, 2.45) is 12.8 Å². The van der Waals surface area contributed by atoms with Crippen molar-refractivity contribution in [3.63, 3.8) is 0 Å². The van der Waals surface area contributed by atoms with Crippen LogP contribution in [0.25, 0.3) is 10.3 Å². The number of amides is 1. The normalized spacial score (nSPS) is 10.8. The molecule has 0 bridgehead atoms. The van der Waals surface area contributed by atoms with Crippen molar-refractivity contribution >= 4 is 27.6 Å². The number of rotatable bonds is 1. The highest BCUT2D eigenvalue weighted by atomic mass is 32.1. The Labute approximate surface area is 71.8 Å². The van der Waals surface area contributed by atoms with Gasteiger partial charge in [-0.05, 0) is 0 Å². The lowest BCUT2D eigenvalue weighted by Gasteiger charge is -1.85. The van der Waals surface area contributed by atoms with E-state index >= 15 is 0 Å². The fourth-order valence-electron chi connectivity index (χ4n) is 1.04. The predicted octanol–water partition coefficient (Wildman–Crippen LogP) is 0.129. The van der Waals surface area contributed by atoms with Crippen LogP contribution in [-0.2, 0) is 7.05 Å². The number of aromatic nitrogens is 3. The van der Waals surface area contributed by atoms with Crippen LogP contribution < -0.4 is 5.73 Å². The number of aryl methyl sites for hydroxylation is 1. The quantitative estimate of drug-likeness (QED) is 0.681. The van der Waals surface area contributed by atoms with Gasteiger partial charge in [0.2, 0.25) is 0 Å². The van der Waals surface area contributed by atoms with Crippen LogP contribution in [-0.4, -0.2) is 20.7 Å². The third kappa shape index (κ3) is 0.814. The summed E-state index contributed by atoms with van der Waals surface area (Å²) in [5, 5.41) is 3.94. The maximum Gasteiger partial charge on any atom is 0.271 e. The van der Waals surface area contributed by atoms with Gasteiger partial charge in [0.15, 0.2) is 5.69 Å². The molecule has 0 saturated carbocycles. The number of hydrogen-bond donors (Lipinski definition) is 1. The zero-order chi connectivity index (χ0) is 8.72. The van der Waals surface area contributed by atoms with Crippen LogP contribution in [0, 0.1) is 0 Å². The first-order valence-corrected chi connectivity index (χ1v) is 4.14. The molecule has 2 aromatic rings. The number of thiazole rings is 1. The van der Waals surface area contributed by atoms with E-state index in [-0.39, 0.29) is 5.69 Å². The molecule has 1 amide bonds. The van der Waals surface area contributed by atoms with Gasteiger partial charge in [-0.3, -0.25) is 9.48 Å². The van der Waals surface area contributed by atoms with E-state index in [1.165, 1.54) is 11.3 Å². The summed E-state index contributed by atoms with van der Waals surface area (Å²) in [6.45, 7) is 0. The van der Waals surface area contributed by atoms with Gasteiger partial charge in [-0.15, -0.1) is 11.3 Å². The molecule has 0 atom stereocenters. The second-order valence-corrected chi connectivity index (χ2v) is 3.18. The van der Waals surface area contributed by atoms with Gasteiger partial charge in [-0.25, -0.2) is 4.98 Å². The molecule has 12 heavy (non-hydrogen) atoms. The van der Waals surface area contributed by atoms with E-state index in [2.05, 4.69) is 10.1 Å². The number of nitrogens with zero attached hydrogens (tertiary/aromatic N) is 3. The highest BCUT2D eigenvalue weighted by molar-refractivity contribution is 7.16. The Morgan fingerprint density at radius 1 is 1.75 bits per heavy atom. The number of carbonyl (C=O) groups excluding carboxylic acids is 1. The van der Waals surface area contributed by atoms with Crippen molar-refractivity contribution in [2.75, 3.05) is 0 Å². The Bertz CT molecular complexity index is 443. The third-order valence-corrected chi connectivity index (χ3v) is 2.44. The van der Waals surface area contributed by atoms with Crippen LogP contribution in [0.5, 0.6) is 0 Å². The highest BCUT2D eigenvalue weighted by Gasteiger charge is 2.14. The fraction of sp³-hybridized carbons (Fsp3) is 0.167. The average molecular weight is 182 g/mol. The number of carbonyl (C=O) groups is 1. The molecule has 0 aromatic carbocycles. The molecule has 5 nitrogen and oxygen atoms in total. The van der Waals surface area contributed by atoms with Crippen molar-refractivity contribution in [2.45, 2.75) is 0 Å². The lowest BCUT2D eigenvalue weighted by molar-refractivity contribution is 0.0996. The van der Waals surface area contributed by atoms with Crippen molar-refractivity contribution in [3.8, 4) is 0 Å². The zero-order valence-electron chi connectivity index (χ0n) is 6.31. The SMILES string of the molecule is Cn1nc(C(N)=O)c2ncsc21. The number of primary amides is 1. The summed E-state index contributed by atoms with van der Waals surface area (Å²) in [4.78, 5) is 15.7. The van der Waals surface area contributed by atoms with Gasteiger partial charge in [0.1, 0.15) is 10.3 Å². The molecular weight excluding hydrogens is 176 g/mol. The summed E-state index contributed by atoms with van der Waals surface area (Å²) in [5.74, 6) is -0.536. The molecule has 62 valence electrons. The summed E-state index contributed by atoms with van der Waals surface area (Å²) in [6.07, 6.45) is 0. The van der Waals surface area contributed by atoms with Gasteiger partial charge < -0.3 is 5.73 Å². The topological polar surface area (TPSA) is 73.8 Å². The Morgan fingerprint density at radius 2 is 2.50 bits per heavy atom. The van der Waals surface area contributed by atoms with E-state index in [0.717, 1.165) is 4.83 Å². The highest BCUT2D eigenvalue weighted by Crippen LogP contribution is 2.19. The van der Waals surface area contributed by atoms with Gasteiger partial charge in [-0.2, -0.15) is 5.10 Å². The zero-order valence-corrected chi connectivity index (χ0v) is 7.13. The van der Waals surface area contributed by atoms with E-state index in [4.69, 9.17) is 5.73 Å². The van der Waals surface area contributed by atoms with Crippen molar-refractivity contribution in [1.82, 2.24) is 14.8 Å². The first-order valence-electron chi connectivity index (χ1n) is 3.26. The summed E-state index contributed by atoms with van der Waals surface area (Å²) >= 11 is 1.43. The second-order valence-electron chi connectivity index (χ2n) is 2.34. The van der Waals surface area contributed by atoms with Crippen molar-refractivity contribution in [1.29, 1.82) is 0 Å². The van der Waals surface area contributed by atoms with Crippen LogP contribution >= 0.6 is 11.3 Å². The second kappa shape index (κ2) is 2.28. The van der Waals surface area contributed by atoms with E-state index in [0.29, 0.717) is 5.52 Å². The van der Waals surface area contributed by atoms with Crippen LogP contribution in [0.3, 0.4) is 0 Å². The van der Waals surface area contributed by atoms with Crippen LogP contribution in [0.1, 0.15) is 10.5 Å². The van der Waals surface area contributed by atoms with E-state index in [1.54, 1.807) is 17.2 Å². The van der Waals surface area contributed by atoms with Crippen molar-refractivity contribution < 1.29 is 4.79 Å². The van der Waals surface area contributed by atoms with Gasteiger partial charge in [0.25, 0.3) is 5.91 Å². The third-order valence-electron chi connectivity index (χ3n) is 1.55. The minimum Gasteiger partial charge on any atom is -0.364 e. The Morgan fingerprint density at radius 3 is 3.17 bits per heavy atom. The molecular formula is C6H6N4OS. The Kier molecular flexibility index (Phi) is 1.37. The molecule has 0 radical (unpaired) electrons. The summed E-state index contributed by atoms with van der Waals surface area (Å²) < 4.78 is 1.60. The molecule has 2 aromatic heterocycles. The molecule has 6 heteroatoms. The molecule has 0 aliphatic rings. The number of hydrogen-bond acceptors (Lipinski definition) is 4. The monoisotopic (exact) mass is 182 g/mol. The van der Waals surface area contributed by atoms with Crippen molar-refractivity contribution in [3.05, 3.63) is 11.2 Å². The summed E-state index contributed by atoms with van der Waals surface area (Å²) in [6, 6.07) is 0. The minimum absolute atomic E-state index is 0.244. The predicted molar refractivity (Wildman–Crippen MR) is 44.9 cm³/mol. The smallest absolute Gasteiger partial charge is 0.271 e. The van der Waals surface area contributed by atoms with Crippen LogP contribution in [0.4, 0.5) is 0 Å². The summed E-state index contributed by atoms with van der Waals surface area (Å²) in [5.41, 5.74) is 7.60. The molecule has 2 heterocycles. The lowest BCUT2D eigenvalue weighted by Crippen LogP contribution is -2.12. The molecule has 0 unspecified atom stereocenters.